The molecule has 0 aromatic heterocycles. The molecule has 3 N–H and O–H groups in total. The van der Waals surface area contributed by atoms with Crippen LogP contribution < -0.4 is 14.8 Å². The SMILES string of the molecule is COc1cc(C=O)cc(I)c1O[C@H]1C=C(C(=O)NCCO)C[C@@H](N(Cc2ccccc2)C(=O)CCCC(C)=O)[C@@H]1O. The number of aliphatic hydroxyl groups is 2. The summed E-state index contributed by atoms with van der Waals surface area (Å²) >= 11 is 2.00. The summed E-state index contributed by atoms with van der Waals surface area (Å²) < 4.78 is 12.2. The van der Waals surface area contributed by atoms with Crippen molar-refractivity contribution in [1.82, 2.24) is 10.2 Å². The van der Waals surface area contributed by atoms with E-state index in [4.69, 9.17) is 9.47 Å². The number of Topliss-reactive ketones (excluding diaryl/α,β-unsaturated/α-hetero) is 1. The first-order valence-corrected chi connectivity index (χ1v) is 14.4. The lowest BCUT2D eigenvalue weighted by Gasteiger charge is -2.41. The molecule has 1 aliphatic carbocycles. The molecule has 1 aliphatic rings. The number of hydrogen-bond acceptors (Lipinski definition) is 8. The van der Waals surface area contributed by atoms with E-state index in [0.29, 0.717) is 21.8 Å². The third-order valence-electron chi connectivity index (χ3n) is 6.69. The summed E-state index contributed by atoms with van der Waals surface area (Å²) in [6.45, 7) is 1.43. The monoisotopic (exact) mass is 678 g/mol. The molecule has 3 atom stereocenters. The number of carbonyl (C=O) groups excluding carboxylic acids is 4. The van der Waals surface area contributed by atoms with Crippen LogP contribution in [0.3, 0.4) is 0 Å². The highest BCUT2D eigenvalue weighted by Crippen LogP contribution is 2.37. The van der Waals surface area contributed by atoms with Gasteiger partial charge in [-0.3, -0.25) is 14.4 Å². The highest BCUT2D eigenvalue weighted by Gasteiger charge is 2.41. The molecule has 0 saturated carbocycles. The second kappa shape index (κ2) is 15.6. The third kappa shape index (κ3) is 8.85. The van der Waals surface area contributed by atoms with Crippen LogP contribution in [0.15, 0.2) is 54.1 Å². The van der Waals surface area contributed by atoms with Crippen LogP contribution in [-0.2, 0) is 20.9 Å². The van der Waals surface area contributed by atoms with E-state index >= 15 is 0 Å². The molecule has 0 radical (unpaired) electrons. The van der Waals surface area contributed by atoms with E-state index in [-0.39, 0.29) is 67.7 Å². The third-order valence-corrected chi connectivity index (χ3v) is 7.49. The molecule has 2 aromatic carbocycles. The zero-order valence-corrected chi connectivity index (χ0v) is 25.2. The van der Waals surface area contributed by atoms with Crippen LogP contribution in [0.5, 0.6) is 11.5 Å². The Morgan fingerprint density at radius 3 is 2.54 bits per heavy atom. The molecule has 10 nitrogen and oxygen atoms in total. The molecule has 2 amide bonds. The van der Waals surface area contributed by atoms with E-state index in [0.717, 1.165) is 5.56 Å². The number of aliphatic hydroxyl groups excluding tert-OH is 2. The number of carbonyl (C=O) groups is 4. The molecule has 3 rings (SSSR count). The van der Waals surface area contributed by atoms with Gasteiger partial charge >= 0.3 is 0 Å². The fourth-order valence-corrected chi connectivity index (χ4v) is 5.39. The lowest BCUT2D eigenvalue weighted by molar-refractivity contribution is -0.139. The molecule has 220 valence electrons. The Balaban J connectivity index is 2.01. The molecule has 0 aliphatic heterocycles. The van der Waals surface area contributed by atoms with E-state index in [1.54, 1.807) is 11.0 Å². The average molecular weight is 679 g/mol. The first-order valence-electron chi connectivity index (χ1n) is 13.3. The van der Waals surface area contributed by atoms with E-state index in [2.05, 4.69) is 5.32 Å². The maximum absolute atomic E-state index is 13.6. The molecule has 0 unspecified atom stereocenters. The molecule has 0 heterocycles. The molecule has 11 heteroatoms. The number of nitrogens with zero attached hydrogens (tertiary/aromatic N) is 1. The van der Waals surface area contributed by atoms with Gasteiger partial charge in [0.15, 0.2) is 11.5 Å². The molecule has 2 aromatic rings. The number of methoxy groups -OCH3 is 1. The number of halogens is 1. The summed E-state index contributed by atoms with van der Waals surface area (Å²) in [6.07, 6.45) is 0.652. The number of amides is 2. The van der Waals surface area contributed by atoms with Crippen molar-refractivity contribution in [2.24, 2.45) is 0 Å². The van der Waals surface area contributed by atoms with Crippen molar-refractivity contribution in [2.75, 3.05) is 20.3 Å². The van der Waals surface area contributed by atoms with Crippen LogP contribution in [0.4, 0.5) is 0 Å². The molecule has 0 spiro atoms. The Bertz CT molecular complexity index is 1270. The average Bonchev–Trinajstić information content (AvgIpc) is 2.96. The van der Waals surface area contributed by atoms with Crippen molar-refractivity contribution in [3.63, 3.8) is 0 Å². The zero-order chi connectivity index (χ0) is 29.9. The minimum absolute atomic E-state index is 0.0199. The summed E-state index contributed by atoms with van der Waals surface area (Å²) in [7, 11) is 1.43. The van der Waals surface area contributed by atoms with Gasteiger partial charge in [-0.2, -0.15) is 0 Å². The van der Waals surface area contributed by atoms with Gasteiger partial charge in [-0.1, -0.05) is 30.3 Å². The number of aldehydes is 1. The number of hydrogen-bond donors (Lipinski definition) is 3. The number of nitrogens with one attached hydrogen (secondary N) is 1. The number of ether oxygens (including phenoxy) is 2. The molecule has 0 saturated heterocycles. The summed E-state index contributed by atoms with van der Waals surface area (Å²) in [5, 5.41) is 23.5. The Hall–Kier alpha value is -3.29. The van der Waals surface area contributed by atoms with Crippen LogP contribution in [0.25, 0.3) is 0 Å². The first kappa shape index (κ1) is 32.2. The molecule has 0 fully saturated rings. The van der Waals surface area contributed by atoms with Crippen LogP contribution in [0, 0.1) is 3.57 Å². The van der Waals surface area contributed by atoms with Gasteiger partial charge in [0.25, 0.3) is 0 Å². The minimum atomic E-state index is -1.24. The van der Waals surface area contributed by atoms with Gasteiger partial charge in [0.1, 0.15) is 24.3 Å². The van der Waals surface area contributed by atoms with Gasteiger partial charge in [-0.05, 0) is 59.7 Å². The van der Waals surface area contributed by atoms with Crippen molar-refractivity contribution in [3.8, 4) is 11.5 Å². The minimum Gasteiger partial charge on any atom is -0.493 e. The van der Waals surface area contributed by atoms with E-state index in [9.17, 15) is 29.4 Å². The number of ketones is 1. The summed E-state index contributed by atoms with van der Waals surface area (Å²) in [6, 6.07) is 11.6. The summed E-state index contributed by atoms with van der Waals surface area (Å²) in [5.41, 5.74) is 1.50. The van der Waals surface area contributed by atoms with E-state index in [1.807, 2.05) is 52.9 Å². The van der Waals surface area contributed by atoms with Gasteiger partial charge in [-0.25, -0.2) is 0 Å². The van der Waals surface area contributed by atoms with Crippen LogP contribution in [-0.4, -0.2) is 77.5 Å². The lowest BCUT2D eigenvalue weighted by atomic mass is 9.87. The summed E-state index contributed by atoms with van der Waals surface area (Å²) in [5.74, 6) is -0.191. The van der Waals surface area contributed by atoms with Crippen LogP contribution in [0.1, 0.15) is 48.5 Å². The van der Waals surface area contributed by atoms with Crippen LogP contribution >= 0.6 is 22.6 Å². The van der Waals surface area contributed by atoms with E-state index < -0.39 is 24.2 Å². The highest BCUT2D eigenvalue weighted by atomic mass is 127. The molecular formula is C30H35IN2O8. The standard InChI is InChI=1S/C30H35IN2O8/c1-19(36)7-6-10-27(37)33(17-20-8-4-3-5-9-20)24-15-22(30(39)32-11-12-34)16-25(28(24)38)41-29-23(31)13-21(18-35)14-26(29)40-2/h3-5,8-9,13-14,16,18,24-25,28,34,38H,6-7,10-12,15,17H2,1-2H3,(H,32,39)/t24-,25+,28+/m1/s1. The fourth-order valence-electron chi connectivity index (χ4n) is 4.64. The predicted octanol–water partition coefficient (Wildman–Crippen LogP) is 2.82. The highest BCUT2D eigenvalue weighted by molar-refractivity contribution is 14.1. The topological polar surface area (TPSA) is 142 Å². The van der Waals surface area contributed by atoms with Crippen molar-refractivity contribution in [1.29, 1.82) is 0 Å². The van der Waals surface area contributed by atoms with Gasteiger partial charge in [0, 0.05) is 43.5 Å². The maximum Gasteiger partial charge on any atom is 0.247 e. The number of rotatable bonds is 14. The lowest BCUT2D eigenvalue weighted by Crippen LogP contribution is -2.54. The Labute approximate surface area is 252 Å². The van der Waals surface area contributed by atoms with Gasteiger partial charge in [-0.15, -0.1) is 0 Å². The van der Waals surface area contributed by atoms with Crippen molar-refractivity contribution < 1.29 is 38.9 Å². The van der Waals surface area contributed by atoms with Crippen molar-refractivity contribution >= 4 is 46.5 Å². The second-order valence-corrected chi connectivity index (χ2v) is 10.9. The van der Waals surface area contributed by atoms with Gasteiger partial charge in [0.05, 0.1) is 23.3 Å². The quantitative estimate of drug-likeness (QED) is 0.205. The molecule has 0 bridgehead atoms. The Morgan fingerprint density at radius 2 is 1.90 bits per heavy atom. The molecular weight excluding hydrogens is 643 g/mol. The summed E-state index contributed by atoms with van der Waals surface area (Å²) in [4.78, 5) is 51.0. The first-order chi connectivity index (χ1) is 19.7. The normalized spacial score (nSPS) is 18.2. The largest absolute Gasteiger partial charge is 0.493 e. The van der Waals surface area contributed by atoms with Crippen LogP contribution in [0.2, 0.25) is 0 Å². The number of benzene rings is 2. The van der Waals surface area contributed by atoms with E-state index in [1.165, 1.54) is 26.2 Å². The van der Waals surface area contributed by atoms with Crippen molar-refractivity contribution in [2.45, 2.75) is 57.4 Å². The predicted molar refractivity (Wildman–Crippen MR) is 160 cm³/mol. The fraction of sp³-hybridized carbons (Fsp3) is 0.400. The Kier molecular flexibility index (Phi) is 12.3. The maximum atomic E-state index is 13.6. The van der Waals surface area contributed by atoms with Gasteiger partial charge < -0.3 is 34.7 Å². The second-order valence-electron chi connectivity index (χ2n) is 9.73. The van der Waals surface area contributed by atoms with Crippen molar-refractivity contribution in [3.05, 3.63) is 68.8 Å². The molecule has 41 heavy (non-hydrogen) atoms. The van der Waals surface area contributed by atoms with Gasteiger partial charge in [0.2, 0.25) is 11.8 Å². The zero-order valence-electron chi connectivity index (χ0n) is 23.0. The smallest absolute Gasteiger partial charge is 0.247 e. The Morgan fingerprint density at radius 1 is 1.17 bits per heavy atom.